The fourth-order valence-corrected chi connectivity index (χ4v) is 1.01. The van der Waals surface area contributed by atoms with Gasteiger partial charge in [-0.3, -0.25) is 9.59 Å². The van der Waals surface area contributed by atoms with Gasteiger partial charge in [0.15, 0.2) is 0 Å². The van der Waals surface area contributed by atoms with Crippen LogP contribution in [0.2, 0.25) is 0 Å². The quantitative estimate of drug-likeness (QED) is 0.564. The molecule has 0 spiro atoms. The van der Waals surface area contributed by atoms with Crippen LogP contribution in [-0.4, -0.2) is 30.9 Å². The minimum atomic E-state index is -0.501. The van der Waals surface area contributed by atoms with E-state index < -0.39 is 6.04 Å². The summed E-state index contributed by atoms with van der Waals surface area (Å²) in [6.07, 6.45) is 0.296. The summed E-state index contributed by atoms with van der Waals surface area (Å²) in [5.41, 5.74) is 5.62. The van der Waals surface area contributed by atoms with Gasteiger partial charge < -0.3 is 16.4 Å². The lowest BCUT2D eigenvalue weighted by molar-refractivity contribution is -0.123. The standard InChI is InChI=1S/C10H21N3O2/c1-4-12-8(14)5-6-13-10(15)9(11)7(2)3/h7,9H,4-6,11H2,1-3H3,(H,12,14)(H,13,15)/t9-/m0/s1. The number of nitrogens with one attached hydrogen (secondary N) is 2. The van der Waals surface area contributed by atoms with Crippen LogP contribution in [-0.2, 0) is 9.59 Å². The van der Waals surface area contributed by atoms with E-state index in [2.05, 4.69) is 10.6 Å². The van der Waals surface area contributed by atoms with E-state index in [9.17, 15) is 9.59 Å². The molecule has 0 radical (unpaired) electrons. The highest BCUT2D eigenvalue weighted by molar-refractivity contribution is 5.82. The number of rotatable bonds is 6. The van der Waals surface area contributed by atoms with E-state index >= 15 is 0 Å². The van der Waals surface area contributed by atoms with Crippen molar-refractivity contribution < 1.29 is 9.59 Å². The molecule has 88 valence electrons. The summed E-state index contributed by atoms with van der Waals surface area (Å²) in [6, 6.07) is -0.501. The molecule has 5 nitrogen and oxygen atoms in total. The molecule has 1 atom stereocenters. The molecule has 2 amide bonds. The van der Waals surface area contributed by atoms with Crippen molar-refractivity contribution in [1.82, 2.24) is 10.6 Å². The summed E-state index contributed by atoms with van der Waals surface area (Å²) in [5.74, 6) is -0.153. The number of carbonyl (C=O) groups excluding carboxylic acids is 2. The second kappa shape index (κ2) is 7.23. The second-order valence-electron chi connectivity index (χ2n) is 3.76. The fourth-order valence-electron chi connectivity index (χ4n) is 1.01. The Morgan fingerprint density at radius 3 is 2.33 bits per heavy atom. The molecule has 0 aromatic carbocycles. The third-order valence-electron chi connectivity index (χ3n) is 2.05. The zero-order valence-electron chi connectivity index (χ0n) is 9.67. The van der Waals surface area contributed by atoms with Gasteiger partial charge in [0.25, 0.3) is 0 Å². The van der Waals surface area contributed by atoms with Crippen LogP contribution in [0.3, 0.4) is 0 Å². The summed E-state index contributed by atoms with van der Waals surface area (Å²) in [5, 5.41) is 5.28. The molecule has 0 aliphatic heterocycles. The topological polar surface area (TPSA) is 84.2 Å². The van der Waals surface area contributed by atoms with Gasteiger partial charge in [-0.15, -0.1) is 0 Å². The van der Waals surface area contributed by atoms with Crippen LogP contribution in [0.5, 0.6) is 0 Å². The minimum absolute atomic E-state index is 0.0593. The Bertz CT molecular complexity index is 217. The zero-order chi connectivity index (χ0) is 11.8. The maximum atomic E-state index is 11.4. The molecule has 0 rings (SSSR count). The first-order valence-corrected chi connectivity index (χ1v) is 5.29. The van der Waals surface area contributed by atoms with Crippen molar-refractivity contribution in [3.05, 3.63) is 0 Å². The first kappa shape index (κ1) is 13.9. The molecule has 0 bridgehead atoms. The Kier molecular flexibility index (Phi) is 6.70. The lowest BCUT2D eigenvalue weighted by Gasteiger charge is -2.14. The molecule has 4 N–H and O–H groups in total. The second-order valence-corrected chi connectivity index (χ2v) is 3.76. The molecule has 0 unspecified atom stereocenters. The van der Waals surface area contributed by atoms with Gasteiger partial charge in [0.05, 0.1) is 6.04 Å². The zero-order valence-corrected chi connectivity index (χ0v) is 9.67. The van der Waals surface area contributed by atoms with Crippen molar-refractivity contribution in [3.8, 4) is 0 Å². The van der Waals surface area contributed by atoms with Gasteiger partial charge in [0, 0.05) is 19.5 Å². The van der Waals surface area contributed by atoms with Crippen molar-refractivity contribution in [2.75, 3.05) is 13.1 Å². The summed E-state index contributed by atoms with van der Waals surface area (Å²) in [7, 11) is 0. The highest BCUT2D eigenvalue weighted by Crippen LogP contribution is 1.97. The van der Waals surface area contributed by atoms with E-state index in [1.165, 1.54) is 0 Å². The normalized spacial score (nSPS) is 12.3. The maximum absolute atomic E-state index is 11.4. The molecule has 5 heteroatoms. The van der Waals surface area contributed by atoms with Crippen molar-refractivity contribution >= 4 is 11.8 Å². The van der Waals surface area contributed by atoms with Crippen LogP contribution in [0.15, 0.2) is 0 Å². The highest BCUT2D eigenvalue weighted by Gasteiger charge is 2.16. The summed E-state index contributed by atoms with van der Waals surface area (Å²) in [6.45, 7) is 6.57. The van der Waals surface area contributed by atoms with E-state index in [4.69, 9.17) is 5.73 Å². The van der Waals surface area contributed by atoms with Gasteiger partial charge in [0.2, 0.25) is 11.8 Å². The molecule has 0 fully saturated rings. The smallest absolute Gasteiger partial charge is 0.237 e. The average molecular weight is 215 g/mol. The van der Waals surface area contributed by atoms with Crippen LogP contribution in [0.4, 0.5) is 0 Å². The number of hydrogen-bond donors (Lipinski definition) is 3. The lowest BCUT2D eigenvalue weighted by atomic mass is 10.1. The van der Waals surface area contributed by atoms with Gasteiger partial charge in [-0.1, -0.05) is 13.8 Å². The third kappa shape index (κ3) is 6.06. The van der Waals surface area contributed by atoms with Gasteiger partial charge in [0.1, 0.15) is 0 Å². The Morgan fingerprint density at radius 1 is 1.27 bits per heavy atom. The Balaban J connectivity index is 3.68. The van der Waals surface area contributed by atoms with Gasteiger partial charge in [-0.2, -0.15) is 0 Å². The predicted octanol–water partition coefficient (Wildman–Crippen LogP) is -0.388. The highest BCUT2D eigenvalue weighted by atomic mass is 16.2. The molecule has 0 aromatic heterocycles. The van der Waals surface area contributed by atoms with Crippen LogP contribution in [0.25, 0.3) is 0 Å². The van der Waals surface area contributed by atoms with Gasteiger partial charge in [-0.25, -0.2) is 0 Å². The molecule has 0 aliphatic carbocycles. The first-order valence-electron chi connectivity index (χ1n) is 5.29. The van der Waals surface area contributed by atoms with Crippen LogP contribution in [0, 0.1) is 5.92 Å². The van der Waals surface area contributed by atoms with Crippen LogP contribution in [0.1, 0.15) is 27.2 Å². The van der Waals surface area contributed by atoms with Crippen molar-refractivity contribution in [3.63, 3.8) is 0 Å². The Morgan fingerprint density at radius 2 is 1.87 bits per heavy atom. The molecule has 0 aromatic rings. The monoisotopic (exact) mass is 215 g/mol. The lowest BCUT2D eigenvalue weighted by Crippen LogP contribution is -2.44. The molecule has 0 saturated carbocycles. The number of hydrogen-bond acceptors (Lipinski definition) is 3. The molecule has 0 saturated heterocycles. The summed E-state index contributed by atoms with van der Waals surface area (Å²) < 4.78 is 0. The van der Waals surface area contributed by atoms with Gasteiger partial charge in [-0.05, 0) is 12.8 Å². The van der Waals surface area contributed by atoms with Crippen LogP contribution < -0.4 is 16.4 Å². The maximum Gasteiger partial charge on any atom is 0.237 e. The van der Waals surface area contributed by atoms with Crippen LogP contribution >= 0.6 is 0 Å². The fraction of sp³-hybridized carbons (Fsp3) is 0.800. The number of nitrogens with two attached hydrogens (primary N) is 1. The summed E-state index contributed by atoms with van der Waals surface area (Å²) in [4.78, 5) is 22.4. The predicted molar refractivity (Wildman–Crippen MR) is 59.1 cm³/mol. The van der Waals surface area contributed by atoms with E-state index in [-0.39, 0.29) is 17.7 Å². The first-order chi connectivity index (χ1) is 6.99. The largest absolute Gasteiger partial charge is 0.356 e. The number of carbonyl (C=O) groups is 2. The Hall–Kier alpha value is -1.10. The third-order valence-corrected chi connectivity index (χ3v) is 2.05. The molecule has 15 heavy (non-hydrogen) atoms. The van der Waals surface area contributed by atoms with Crippen molar-refractivity contribution in [1.29, 1.82) is 0 Å². The van der Waals surface area contributed by atoms with Gasteiger partial charge >= 0.3 is 0 Å². The molecular formula is C10H21N3O2. The minimum Gasteiger partial charge on any atom is -0.356 e. The van der Waals surface area contributed by atoms with E-state index in [0.29, 0.717) is 19.5 Å². The van der Waals surface area contributed by atoms with Crippen molar-refractivity contribution in [2.45, 2.75) is 33.2 Å². The number of amides is 2. The SMILES string of the molecule is CCNC(=O)CCNC(=O)[C@@H](N)C(C)C. The summed E-state index contributed by atoms with van der Waals surface area (Å²) >= 11 is 0. The molecular weight excluding hydrogens is 194 g/mol. The Labute approximate surface area is 90.8 Å². The molecule has 0 heterocycles. The van der Waals surface area contributed by atoms with Crippen molar-refractivity contribution in [2.24, 2.45) is 11.7 Å². The van der Waals surface area contributed by atoms with E-state index in [0.717, 1.165) is 0 Å². The van der Waals surface area contributed by atoms with E-state index in [1.54, 1.807) is 0 Å². The average Bonchev–Trinajstić information content (AvgIpc) is 2.16. The van der Waals surface area contributed by atoms with E-state index in [1.807, 2.05) is 20.8 Å². The molecule has 0 aliphatic rings.